The van der Waals surface area contributed by atoms with Crippen LogP contribution in [0.5, 0.6) is 0 Å². The molecule has 2 N–H and O–H groups in total. The van der Waals surface area contributed by atoms with Gasteiger partial charge in [0.1, 0.15) is 0 Å². The Morgan fingerprint density at radius 3 is 2.50 bits per heavy atom. The zero-order valence-electron chi connectivity index (χ0n) is 11.9. The fraction of sp³-hybridized carbons (Fsp3) is 0.923. The highest BCUT2D eigenvalue weighted by atomic mass is 32.2. The summed E-state index contributed by atoms with van der Waals surface area (Å²) in [5.41, 5.74) is 0. The minimum Gasteiger partial charge on any atom is -0.353 e. The molecular weight excluding hydrogens is 278 g/mol. The molecule has 2 heterocycles. The predicted octanol–water partition coefficient (Wildman–Crippen LogP) is 0.0604. The molecule has 0 bridgehead atoms. The molecule has 2 aliphatic rings. The van der Waals surface area contributed by atoms with Crippen molar-refractivity contribution in [2.75, 3.05) is 31.9 Å². The molecule has 0 atom stereocenters. The van der Waals surface area contributed by atoms with Gasteiger partial charge < -0.3 is 10.6 Å². The van der Waals surface area contributed by atoms with Crippen molar-refractivity contribution < 1.29 is 13.2 Å². The molecule has 0 aromatic heterocycles. The summed E-state index contributed by atoms with van der Waals surface area (Å²) in [5.74, 6) is 0.0700. The van der Waals surface area contributed by atoms with Crippen molar-refractivity contribution in [2.24, 2.45) is 0 Å². The molecule has 6 nitrogen and oxygen atoms in total. The van der Waals surface area contributed by atoms with Crippen LogP contribution >= 0.6 is 0 Å². The lowest BCUT2D eigenvalue weighted by Crippen LogP contribution is -2.42. The first-order valence-corrected chi connectivity index (χ1v) is 9.17. The first kappa shape index (κ1) is 15.7. The van der Waals surface area contributed by atoms with Crippen LogP contribution in [0.15, 0.2) is 0 Å². The van der Waals surface area contributed by atoms with Gasteiger partial charge in [-0.15, -0.1) is 0 Å². The molecule has 2 fully saturated rings. The van der Waals surface area contributed by atoms with Crippen LogP contribution in [0.2, 0.25) is 0 Å². The van der Waals surface area contributed by atoms with Gasteiger partial charge in [-0.2, -0.15) is 0 Å². The lowest BCUT2D eigenvalue weighted by molar-refractivity contribution is -0.121. The molecule has 0 aromatic carbocycles. The zero-order valence-corrected chi connectivity index (χ0v) is 12.8. The molecule has 0 spiro atoms. The van der Waals surface area contributed by atoms with Gasteiger partial charge in [-0.3, -0.25) is 4.79 Å². The molecule has 0 aromatic rings. The monoisotopic (exact) mass is 303 g/mol. The van der Waals surface area contributed by atoms with E-state index in [2.05, 4.69) is 10.6 Å². The van der Waals surface area contributed by atoms with E-state index in [0.29, 0.717) is 25.9 Å². The number of hydrogen-bond donors (Lipinski definition) is 2. The Kier molecular flexibility index (Phi) is 5.80. The van der Waals surface area contributed by atoms with E-state index in [4.69, 9.17) is 0 Å². The van der Waals surface area contributed by atoms with Gasteiger partial charge in [0, 0.05) is 25.6 Å². The third-order valence-corrected chi connectivity index (χ3v) is 5.93. The highest BCUT2D eigenvalue weighted by Crippen LogP contribution is 2.14. The van der Waals surface area contributed by atoms with Crippen LogP contribution in [0.3, 0.4) is 0 Å². The average molecular weight is 303 g/mol. The number of rotatable bonds is 6. The van der Waals surface area contributed by atoms with Gasteiger partial charge in [-0.25, -0.2) is 12.7 Å². The fourth-order valence-electron chi connectivity index (χ4n) is 2.78. The third kappa shape index (κ3) is 4.71. The van der Waals surface area contributed by atoms with E-state index in [1.807, 2.05) is 0 Å². The van der Waals surface area contributed by atoms with E-state index in [0.717, 1.165) is 38.8 Å². The minimum atomic E-state index is -3.15. The Bertz CT molecular complexity index is 413. The average Bonchev–Trinajstić information content (AvgIpc) is 2.94. The first-order valence-electron chi connectivity index (χ1n) is 7.56. The minimum absolute atomic E-state index is 0.0199. The van der Waals surface area contributed by atoms with E-state index >= 15 is 0 Å². The molecule has 0 radical (unpaired) electrons. The van der Waals surface area contributed by atoms with Crippen LogP contribution in [-0.4, -0.2) is 56.6 Å². The van der Waals surface area contributed by atoms with Crippen molar-refractivity contribution in [1.29, 1.82) is 0 Å². The van der Waals surface area contributed by atoms with Crippen LogP contribution in [-0.2, 0) is 14.8 Å². The number of nitrogens with one attached hydrogen (secondary N) is 2. The van der Waals surface area contributed by atoms with Crippen molar-refractivity contribution in [2.45, 2.75) is 44.6 Å². The second kappa shape index (κ2) is 7.38. The molecule has 0 unspecified atom stereocenters. The van der Waals surface area contributed by atoms with E-state index in [9.17, 15) is 13.2 Å². The second-order valence-corrected chi connectivity index (χ2v) is 7.71. The van der Waals surface area contributed by atoms with Crippen LogP contribution in [0.25, 0.3) is 0 Å². The zero-order chi connectivity index (χ0) is 14.4. The highest BCUT2D eigenvalue weighted by molar-refractivity contribution is 7.89. The SMILES string of the molecule is O=C(CCCS(=O)(=O)N1CCCC1)NC1CCNCC1. The molecular formula is C13H25N3O3S. The number of nitrogens with zero attached hydrogens (tertiary/aromatic N) is 1. The van der Waals surface area contributed by atoms with Crippen molar-refractivity contribution >= 4 is 15.9 Å². The van der Waals surface area contributed by atoms with E-state index in [1.165, 1.54) is 0 Å². The summed E-state index contributed by atoms with van der Waals surface area (Å²) in [7, 11) is -3.15. The lowest BCUT2D eigenvalue weighted by Gasteiger charge is -2.23. The Morgan fingerprint density at radius 1 is 1.20 bits per heavy atom. The molecule has 116 valence electrons. The van der Waals surface area contributed by atoms with Gasteiger partial charge >= 0.3 is 0 Å². The maximum atomic E-state index is 12.0. The Morgan fingerprint density at radius 2 is 1.85 bits per heavy atom. The second-order valence-electron chi connectivity index (χ2n) is 5.62. The number of sulfonamides is 1. The van der Waals surface area contributed by atoms with Gasteiger partial charge in [0.25, 0.3) is 0 Å². The molecule has 7 heteroatoms. The van der Waals surface area contributed by atoms with Gasteiger partial charge in [0.2, 0.25) is 15.9 Å². The summed E-state index contributed by atoms with van der Waals surface area (Å²) in [6, 6.07) is 0.249. The van der Waals surface area contributed by atoms with Gasteiger partial charge in [-0.1, -0.05) is 0 Å². The largest absolute Gasteiger partial charge is 0.353 e. The van der Waals surface area contributed by atoms with Gasteiger partial charge in [-0.05, 0) is 45.2 Å². The third-order valence-electron chi connectivity index (χ3n) is 3.97. The lowest BCUT2D eigenvalue weighted by atomic mass is 10.1. The molecule has 0 saturated carbocycles. The topological polar surface area (TPSA) is 78.5 Å². The van der Waals surface area contributed by atoms with E-state index in [1.54, 1.807) is 4.31 Å². The summed E-state index contributed by atoms with van der Waals surface area (Å²) in [5, 5.41) is 6.23. The molecule has 20 heavy (non-hydrogen) atoms. The summed E-state index contributed by atoms with van der Waals surface area (Å²) in [6.45, 7) is 3.16. The molecule has 1 amide bonds. The van der Waals surface area contributed by atoms with Crippen LogP contribution in [0.4, 0.5) is 0 Å². The molecule has 2 saturated heterocycles. The smallest absolute Gasteiger partial charge is 0.220 e. The maximum absolute atomic E-state index is 12.0. The standard InChI is InChI=1S/C13H25N3O3S/c17-13(15-12-5-7-14-8-6-12)4-3-11-20(18,19)16-9-1-2-10-16/h12,14H,1-11H2,(H,15,17). The summed E-state index contributed by atoms with van der Waals surface area (Å²) in [4.78, 5) is 11.8. The first-order chi connectivity index (χ1) is 9.58. The number of carbonyl (C=O) groups is 1. The fourth-order valence-corrected chi connectivity index (χ4v) is 4.36. The highest BCUT2D eigenvalue weighted by Gasteiger charge is 2.25. The summed E-state index contributed by atoms with van der Waals surface area (Å²) < 4.78 is 25.5. The quantitative estimate of drug-likeness (QED) is 0.727. The van der Waals surface area contributed by atoms with Crippen molar-refractivity contribution in [3.63, 3.8) is 0 Å². The van der Waals surface area contributed by atoms with Crippen molar-refractivity contribution in [3.05, 3.63) is 0 Å². The molecule has 2 aliphatic heterocycles. The van der Waals surface area contributed by atoms with Crippen LogP contribution in [0, 0.1) is 0 Å². The van der Waals surface area contributed by atoms with Crippen molar-refractivity contribution in [1.82, 2.24) is 14.9 Å². The summed E-state index contributed by atoms with van der Waals surface area (Å²) in [6.07, 6.45) is 4.53. The Labute approximate surface area is 121 Å². The van der Waals surface area contributed by atoms with E-state index < -0.39 is 10.0 Å². The Balaban J connectivity index is 1.65. The molecule has 2 rings (SSSR count). The van der Waals surface area contributed by atoms with Crippen LogP contribution in [0.1, 0.15) is 38.5 Å². The van der Waals surface area contributed by atoms with E-state index in [-0.39, 0.29) is 17.7 Å². The van der Waals surface area contributed by atoms with Gasteiger partial charge in [0.15, 0.2) is 0 Å². The molecule has 0 aliphatic carbocycles. The maximum Gasteiger partial charge on any atom is 0.220 e. The number of piperidine rings is 1. The number of amides is 1. The van der Waals surface area contributed by atoms with Crippen LogP contribution < -0.4 is 10.6 Å². The number of carbonyl (C=O) groups excluding carboxylic acids is 1. The normalized spacial score (nSPS) is 22.0. The Hall–Kier alpha value is -0.660. The summed E-state index contributed by atoms with van der Waals surface area (Å²) >= 11 is 0. The predicted molar refractivity (Wildman–Crippen MR) is 77.9 cm³/mol. The number of hydrogen-bond acceptors (Lipinski definition) is 4. The van der Waals surface area contributed by atoms with Crippen molar-refractivity contribution in [3.8, 4) is 0 Å². The van der Waals surface area contributed by atoms with Gasteiger partial charge in [0.05, 0.1) is 5.75 Å².